The molecule has 0 saturated carbocycles. The van der Waals surface area contributed by atoms with Crippen molar-refractivity contribution < 1.29 is 9.59 Å². The first-order valence-corrected chi connectivity index (χ1v) is 9.39. The summed E-state index contributed by atoms with van der Waals surface area (Å²) in [6, 6.07) is 12.8. The number of piperidine rings is 1. The first-order chi connectivity index (χ1) is 13.5. The fourth-order valence-electron chi connectivity index (χ4n) is 3.56. The van der Waals surface area contributed by atoms with Crippen molar-refractivity contribution >= 4 is 22.7 Å². The van der Waals surface area contributed by atoms with Crippen LogP contribution in [0.4, 0.5) is 0 Å². The predicted molar refractivity (Wildman–Crippen MR) is 108 cm³/mol. The third kappa shape index (κ3) is 3.61. The molecule has 4 rings (SSSR count). The lowest BCUT2D eigenvalue weighted by atomic mass is 10.0. The zero-order valence-electron chi connectivity index (χ0n) is 15.8. The number of hydrogen-bond donors (Lipinski definition) is 2. The van der Waals surface area contributed by atoms with Crippen LogP contribution in [-0.4, -0.2) is 52.7 Å². The molecule has 2 heterocycles. The molecule has 0 atom stereocenters. The fraction of sp³-hybridized carbons (Fsp3) is 0.286. The molecule has 1 aromatic heterocycles. The third-order valence-electron chi connectivity index (χ3n) is 5.25. The van der Waals surface area contributed by atoms with Crippen molar-refractivity contribution in [1.82, 2.24) is 20.0 Å². The van der Waals surface area contributed by atoms with Gasteiger partial charge in [-0.1, -0.05) is 12.1 Å². The van der Waals surface area contributed by atoms with Crippen molar-refractivity contribution in [2.24, 2.45) is 5.73 Å². The molecule has 0 bridgehead atoms. The molecule has 0 radical (unpaired) electrons. The van der Waals surface area contributed by atoms with Crippen LogP contribution in [0.1, 0.15) is 33.6 Å². The average Bonchev–Trinajstić information content (AvgIpc) is 3.14. The van der Waals surface area contributed by atoms with Gasteiger partial charge in [0.15, 0.2) is 0 Å². The van der Waals surface area contributed by atoms with Gasteiger partial charge in [-0.25, -0.2) is 4.68 Å². The SMILES string of the molecule is CN1CCC(NC(=O)c2ccc(-n3cc4cccc(C(N)=O)c4n3)cc2)CC1. The minimum Gasteiger partial charge on any atom is -0.366 e. The maximum absolute atomic E-state index is 12.5. The van der Waals surface area contributed by atoms with Crippen molar-refractivity contribution in [3.63, 3.8) is 0 Å². The summed E-state index contributed by atoms with van der Waals surface area (Å²) in [5.74, 6) is -0.556. The normalized spacial score (nSPS) is 15.6. The van der Waals surface area contributed by atoms with E-state index in [1.54, 1.807) is 28.9 Å². The Morgan fingerprint density at radius 1 is 1.11 bits per heavy atom. The molecule has 144 valence electrons. The standard InChI is InChI=1S/C21H23N5O2/c1-25-11-9-16(10-12-25)23-21(28)14-5-7-17(8-6-14)26-13-15-3-2-4-18(20(22)27)19(15)24-26/h2-8,13,16H,9-12H2,1H3,(H2,22,27)(H,23,28). The first-order valence-electron chi connectivity index (χ1n) is 9.39. The fourth-order valence-corrected chi connectivity index (χ4v) is 3.56. The molecule has 0 unspecified atom stereocenters. The van der Waals surface area contributed by atoms with Crippen molar-refractivity contribution in [2.75, 3.05) is 20.1 Å². The molecule has 1 aliphatic rings. The Kier molecular flexibility index (Phi) is 4.83. The Bertz CT molecular complexity index is 1020. The van der Waals surface area contributed by atoms with Crippen molar-refractivity contribution in [3.05, 3.63) is 59.8 Å². The number of carbonyl (C=O) groups excluding carboxylic acids is 2. The molecule has 0 spiro atoms. The number of rotatable bonds is 4. The van der Waals surface area contributed by atoms with Crippen molar-refractivity contribution in [3.8, 4) is 5.69 Å². The van der Waals surface area contributed by atoms with Crippen LogP contribution < -0.4 is 11.1 Å². The molecule has 7 heteroatoms. The highest BCUT2D eigenvalue weighted by Gasteiger charge is 2.19. The highest BCUT2D eigenvalue weighted by Crippen LogP contribution is 2.20. The van der Waals surface area contributed by atoms with Crippen LogP contribution in [0.25, 0.3) is 16.6 Å². The molecule has 0 aliphatic carbocycles. The molecule has 1 saturated heterocycles. The summed E-state index contributed by atoms with van der Waals surface area (Å²) < 4.78 is 1.69. The van der Waals surface area contributed by atoms with E-state index >= 15 is 0 Å². The molecule has 2 amide bonds. The lowest BCUT2D eigenvalue weighted by molar-refractivity contribution is 0.0916. The highest BCUT2D eigenvalue weighted by atomic mass is 16.2. The number of primary amides is 1. The maximum Gasteiger partial charge on any atom is 0.251 e. The number of fused-ring (bicyclic) bond motifs is 1. The second kappa shape index (κ2) is 7.44. The number of hydrogen-bond acceptors (Lipinski definition) is 4. The lowest BCUT2D eigenvalue weighted by Gasteiger charge is -2.29. The van der Waals surface area contributed by atoms with E-state index in [0.29, 0.717) is 16.6 Å². The van der Waals surface area contributed by atoms with Crippen LogP contribution in [0.2, 0.25) is 0 Å². The van der Waals surface area contributed by atoms with Crippen LogP contribution in [-0.2, 0) is 0 Å². The van der Waals surface area contributed by atoms with E-state index in [0.717, 1.165) is 37.0 Å². The number of likely N-dealkylation sites (tertiary alicyclic amines) is 1. The molecular formula is C21H23N5O2. The minimum absolute atomic E-state index is 0.0530. The zero-order chi connectivity index (χ0) is 19.7. The number of nitrogens with one attached hydrogen (secondary N) is 1. The second-order valence-electron chi connectivity index (χ2n) is 7.28. The van der Waals surface area contributed by atoms with Gasteiger partial charge in [0.2, 0.25) is 0 Å². The second-order valence-corrected chi connectivity index (χ2v) is 7.28. The third-order valence-corrected chi connectivity index (χ3v) is 5.25. The van der Waals surface area contributed by atoms with Gasteiger partial charge < -0.3 is 16.0 Å². The first kappa shape index (κ1) is 18.2. The summed E-state index contributed by atoms with van der Waals surface area (Å²) in [6.07, 6.45) is 3.79. The summed E-state index contributed by atoms with van der Waals surface area (Å²) in [6.45, 7) is 2.01. The van der Waals surface area contributed by atoms with Crippen molar-refractivity contribution in [1.29, 1.82) is 0 Å². The topological polar surface area (TPSA) is 93.3 Å². The van der Waals surface area contributed by atoms with Crippen LogP contribution >= 0.6 is 0 Å². The number of carbonyl (C=O) groups is 2. The van der Waals surface area contributed by atoms with E-state index in [2.05, 4.69) is 22.4 Å². The molecule has 3 aromatic rings. The highest BCUT2D eigenvalue weighted by molar-refractivity contribution is 6.04. The van der Waals surface area contributed by atoms with Crippen LogP contribution in [0.3, 0.4) is 0 Å². The van der Waals surface area contributed by atoms with E-state index in [-0.39, 0.29) is 11.9 Å². The Morgan fingerprint density at radius 2 is 1.82 bits per heavy atom. The minimum atomic E-state index is -0.503. The Morgan fingerprint density at radius 3 is 2.50 bits per heavy atom. The van der Waals surface area contributed by atoms with Crippen LogP contribution in [0, 0.1) is 0 Å². The quantitative estimate of drug-likeness (QED) is 0.727. The van der Waals surface area contributed by atoms with Gasteiger partial charge in [-0.3, -0.25) is 9.59 Å². The Balaban J connectivity index is 1.52. The number of benzene rings is 2. The number of amides is 2. The van der Waals surface area contributed by atoms with Gasteiger partial charge in [0.1, 0.15) is 5.52 Å². The Hall–Kier alpha value is -3.19. The van der Waals surface area contributed by atoms with Gasteiger partial charge >= 0.3 is 0 Å². The average molecular weight is 377 g/mol. The van der Waals surface area contributed by atoms with Crippen LogP contribution in [0.5, 0.6) is 0 Å². The molecule has 28 heavy (non-hydrogen) atoms. The number of nitrogens with zero attached hydrogens (tertiary/aromatic N) is 3. The Labute approximate surface area is 163 Å². The summed E-state index contributed by atoms with van der Waals surface area (Å²) in [5.41, 5.74) is 7.82. The molecule has 1 aliphatic heterocycles. The van der Waals surface area contributed by atoms with E-state index in [9.17, 15) is 9.59 Å². The van der Waals surface area contributed by atoms with Gasteiger partial charge in [-0.2, -0.15) is 5.10 Å². The lowest BCUT2D eigenvalue weighted by Crippen LogP contribution is -2.43. The van der Waals surface area contributed by atoms with Gasteiger partial charge in [-0.05, 0) is 63.3 Å². The smallest absolute Gasteiger partial charge is 0.251 e. The molecule has 1 fully saturated rings. The van der Waals surface area contributed by atoms with E-state index < -0.39 is 5.91 Å². The summed E-state index contributed by atoms with van der Waals surface area (Å²) in [7, 11) is 2.10. The van der Waals surface area contributed by atoms with Gasteiger partial charge in [0.25, 0.3) is 11.8 Å². The summed E-state index contributed by atoms with van der Waals surface area (Å²) in [4.78, 5) is 26.4. The number of aromatic nitrogens is 2. The van der Waals surface area contributed by atoms with E-state index in [1.807, 2.05) is 24.4 Å². The maximum atomic E-state index is 12.5. The molecule has 3 N–H and O–H groups in total. The van der Waals surface area contributed by atoms with Crippen molar-refractivity contribution in [2.45, 2.75) is 18.9 Å². The van der Waals surface area contributed by atoms with Crippen LogP contribution in [0.15, 0.2) is 48.7 Å². The largest absolute Gasteiger partial charge is 0.366 e. The summed E-state index contributed by atoms with van der Waals surface area (Å²) in [5, 5.41) is 8.44. The van der Waals surface area contributed by atoms with E-state index in [1.165, 1.54) is 0 Å². The summed E-state index contributed by atoms with van der Waals surface area (Å²) >= 11 is 0. The van der Waals surface area contributed by atoms with Gasteiger partial charge in [0.05, 0.1) is 11.3 Å². The molecular weight excluding hydrogens is 354 g/mol. The predicted octanol–water partition coefficient (Wildman–Crippen LogP) is 1.95. The number of nitrogens with two attached hydrogens (primary N) is 1. The van der Waals surface area contributed by atoms with E-state index in [4.69, 9.17) is 5.73 Å². The molecule has 7 nitrogen and oxygen atoms in total. The zero-order valence-corrected chi connectivity index (χ0v) is 15.8. The van der Waals surface area contributed by atoms with Gasteiger partial charge in [-0.15, -0.1) is 0 Å². The van der Waals surface area contributed by atoms with Gasteiger partial charge in [0, 0.05) is 23.2 Å². The monoisotopic (exact) mass is 377 g/mol. The molecule has 2 aromatic carbocycles.